The second-order valence-corrected chi connectivity index (χ2v) is 8.91. The Balaban J connectivity index is 1.76. The van der Waals surface area contributed by atoms with Crippen molar-refractivity contribution in [1.29, 1.82) is 0 Å². The molecule has 1 unspecified atom stereocenters. The lowest BCUT2D eigenvalue weighted by Gasteiger charge is -2.27. The number of rotatable bonds is 4. The molecule has 15 heteroatoms. The zero-order valence-corrected chi connectivity index (χ0v) is 19.8. The van der Waals surface area contributed by atoms with Gasteiger partial charge in [0.1, 0.15) is 11.6 Å². The van der Waals surface area contributed by atoms with Crippen molar-refractivity contribution in [3.63, 3.8) is 0 Å². The Morgan fingerprint density at radius 1 is 1.08 bits per heavy atom. The number of nitrogens with two attached hydrogens (primary N) is 1. The highest BCUT2D eigenvalue weighted by atomic mass is 35.5. The summed E-state index contributed by atoms with van der Waals surface area (Å²) in [4.78, 5) is 38.1. The Labute approximate surface area is 218 Å². The van der Waals surface area contributed by atoms with Crippen molar-refractivity contribution in [1.82, 2.24) is 15.5 Å². The molecule has 0 saturated heterocycles. The summed E-state index contributed by atoms with van der Waals surface area (Å²) in [6, 6.07) is 5.08. The molecule has 1 aromatic heterocycles. The third-order valence-electron chi connectivity index (χ3n) is 6.03. The monoisotopic (exact) mass is 565 g/mol. The van der Waals surface area contributed by atoms with Crippen LogP contribution in [-0.2, 0) is 11.9 Å². The molecule has 0 radical (unpaired) electrons. The quantitative estimate of drug-likeness (QED) is 0.239. The van der Waals surface area contributed by atoms with E-state index in [-0.39, 0.29) is 38.8 Å². The SMILES string of the molecule is NC(=O)c1n[nH]c2c3c(c(NC(=O)c4cc(F)cc(C(F)(F)F)c4)cc12)C(O)(c1cc(F)ccc1Cl)NC3=O. The van der Waals surface area contributed by atoms with E-state index in [0.29, 0.717) is 12.1 Å². The molecule has 200 valence electrons. The second-order valence-electron chi connectivity index (χ2n) is 8.50. The van der Waals surface area contributed by atoms with Crippen molar-refractivity contribution in [3.8, 4) is 0 Å². The fraction of sp³-hybridized carbons (Fsp3) is 0.0833. The minimum Gasteiger partial charge on any atom is -0.364 e. The number of carbonyl (C=O) groups excluding carboxylic acids is 3. The highest BCUT2D eigenvalue weighted by Crippen LogP contribution is 2.45. The molecule has 0 fully saturated rings. The van der Waals surface area contributed by atoms with Gasteiger partial charge >= 0.3 is 6.18 Å². The molecule has 0 saturated carbocycles. The van der Waals surface area contributed by atoms with E-state index in [0.717, 1.165) is 24.3 Å². The standard InChI is InChI=1S/C24H13ClF5N5O4/c25-14-2-1-10(26)6-13(14)23(39)17-15(32-21(37)8-3-9(24(28,29)30)5-11(27)4-8)7-12-18(16(17)22(38)33-23)34-35-19(12)20(31)36/h1-7,39H,(H2,31,36)(H,32,37)(H,33,38)(H,34,35). The predicted molar refractivity (Wildman–Crippen MR) is 126 cm³/mol. The van der Waals surface area contributed by atoms with Gasteiger partial charge in [0, 0.05) is 27.1 Å². The molecular weight excluding hydrogens is 553 g/mol. The van der Waals surface area contributed by atoms with Crippen LogP contribution in [0.5, 0.6) is 0 Å². The minimum absolute atomic E-state index is 0.100. The number of primary amides is 1. The van der Waals surface area contributed by atoms with Gasteiger partial charge in [-0.1, -0.05) is 11.6 Å². The van der Waals surface area contributed by atoms with Crippen LogP contribution in [-0.4, -0.2) is 33.0 Å². The zero-order valence-electron chi connectivity index (χ0n) is 19.0. The first-order chi connectivity index (χ1) is 18.2. The number of amides is 3. The van der Waals surface area contributed by atoms with E-state index in [9.17, 15) is 41.4 Å². The molecule has 4 aromatic rings. The van der Waals surface area contributed by atoms with Gasteiger partial charge in [0.25, 0.3) is 17.7 Å². The summed E-state index contributed by atoms with van der Waals surface area (Å²) in [6.45, 7) is 0. The molecule has 5 rings (SSSR count). The lowest BCUT2D eigenvalue weighted by molar-refractivity contribution is -0.137. The topological polar surface area (TPSA) is 150 Å². The number of nitrogens with zero attached hydrogens (tertiary/aromatic N) is 1. The maximum Gasteiger partial charge on any atom is 0.416 e. The lowest BCUT2D eigenvalue weighted by atomic mass is 9.90. The van der Waals surface area contributed by atoms with Crippen molar-refractivity contribution in [2.24, 2.45) is 5.73 Å². The van der Waals surface area contributed by atoms with Crippen LogP contribution in [0.2, 0.25) is 5.02 Å². The number of aliphatic hydroxyl groups is 1. The fourth-order valence-corrected chi connectivity index (χ4v) is 4.65. The first-order valence-corrected chi connectivity index (χ1v) is 11.1. The number of nitrogens with one attached hydrogen (secondary N) is 3. The molecule has 3 aromatic carbocycles. The average molecular weight is 566 g/mol. The van der Waals surface area contributed by atoms with Crippen LogP contribution in [0.4, 0.5) is 27.6 Å². The van der Waals surface area contributed by atoms with E-state index < -0.39 is 63.6 Å². The van der Waals surface area contributed by atoms with E-state index in [1.807, 2.05) is 0 Å². The van der Waals surface area contributed by atoms with Gasteiger partial charge in [-0.3, -0.25) is 19.5 Å². The zero-order chi connectivity index (χ0) is 28.4. The van der Waals surface area contributed by atoms with Crippen molar-refractivity contribution in [2.45, 2.75) is 11.9 Å². The van der Waals surface area contributed by atoms with Crippen molar-refractivity contribution in [2.75, 3.05) is 5.32 Å². The number of fused-ring (bicyclic) bond motifs is 3. The third kappa shape index (κ3) is 4.23. The second kappa shape index (κ2) is 8.74. The van der Waals surface area contributed by atoms with Crippen LogP contribution in [0.15, 0.2) is 42.5 Å². The fourth-order valence-electron chi connectivity index (χ4n) is 4.39. The molecule has 39 heavy (non-hydrogen) atoms. The summed E-state index contributed by atoms with van der Waals surface area (Å²) >= 11 is 6.18. The predicted octanol–water partition coefficient (Wildman–Crippen LogP) is 3.80. The molecule has 0 bridgehead atoms. The molecule has 2 heterocycles. The number of alkyl halides is 3. The Hall–Kier alpha value is -4.56. The lowest BCUT2D eigenvalue weighted by Crippen LogP contribution is -2.41. The van der Waals surface area contributed by atoms with Gasteiger partial charge in [-0.15, -0.1) is 0 Å². The van der Waals surface area contributed by atoms with E-state index in [2.05, 4.69) is 20.8 Å². The van der Waals surface area contributed by atoms with Gasteiger partial charge in [-0.25, -0.2) is 8.78 Å². The molecule has 1 aliphatic rings. The van der Waals surface area contributed by atoms with Gasteiger partial charge in [-0.05, 0) is 42.5 Å². The normalized spacial score (nSPS) is 16.7. The van der Waals surface area contributed by atoms with E-state index in [1.54, 1.807) is 0 Å². The van der Waals surface area contributed by atoms with E-state index in [4.69, 9.17) is 17.3 Å². The average Bonchev–Trinajstić information content (AvgIpc) is 3.38. The van der Waals surface area contributed by atoms with E-state index in [1.165, 1.54) is 0 Å². The molecule has 9 nitrogen and oxygen atoms in total. The Bertz CT molecular complexity index is 1740. The van der Waals surface area contributed by atoms with Crippen molar-refractivity contribution < 1.29 is 41.4 Å². The maximum absolute atomic E-state index is 14.1. The number of aromatic amines is 1. The Morgan fingerprint density at radius 3 is 2.46 bits per heavy atom. The number of benzene rings is 3. The van der Waals surface area contributed by atoms with Gasteiger partial charge in [0.05, 0.1) is 22.3 Å². The van der Waals surface area contributed by atoms with Gasteiger partial charge in [0.15, 0.2) is 11.4 Å². The smallest absolute Gasteiger partial charge is 0.364 e. The first-order valence-electron chi connectivity index (χ1n) is 10.8. The number of hydrogen-bond acceptors (Lipinski definition) is 5. The van der Waals surface area contributed by atoms with Crippen LogP contribution < -0.4 is 16.4 Å². The highest BCUT2D eigenvalue weighted by molar-refractivity contribution is 6.31. The summed E-state index contributed by atoms with van der Waals surface area (Å²) in [5.41, 5.74) is -1.49. The Morgan fingerprint density at radius 2 is 1.79 bits per heavy atom. The molecule has 1 aliphatic heterocycles. The highest BCUT2D eigenvalue weighted by Gasteiger charge is 2.48. The molecular formula is C24H13ClF5N5O4. The van der Waals surface area contributed by atoms with Crippen LogP contribution in [0, 0.1) is 11.6 Å². The van der Waals surface area contributed by atoms with Crippen molar-refractivity contribution >= 4 is 45.9 Å². The number of H-pyrrole nitrogens is 1. The molecule has 1 atom stereocenters. The van der Waals surface area contributed by atoms with Crippen LogP contribution in [0.1, 0.15) is 47.9 Å². The summed E-state index contributed by atoms with van der Waals surface area (Å²) in [5, 5.41) is 22.0. The van der Waals surface area contributed by atoms with Gasteiger partial charge in [0.2, 0.25) is 0 Å². The van der Waals surface area contributed by atoms with Crippen LogP contribution >= 0.6 is 11.6 Å². The summed E-state index contributed by atoms with van der Waals surface area (Å²) in [5.74, 6) is -5.51. The van der Waals surface area contributed by atoms with Crippen LogP contribution in [0.25, 0.3) is 10.9 Å². The van der Waals surface area contributed by atoms with Crippen molar-refractivity contribution in [3.05, 3.63) is 92.6 Å². The first kappa shape index (κ1) is 26.1. The van der Waals surface area contributed by atoms with Gasteiger partial charge in [-0.2, -0.15) is 18.3 Å². The minimum atomic E-state index is -4.98. The third-order valence-corrected chi connectivity index (χ3v) is 6.36. The molecule has 3 amide bonds. The molecule has 6 N–H and O–H groups in total. The number of carbonyl (C=O) groups is 3. The number of anilines is 1. The summed E-state index contributed by atoms with van der Waals surface area (Å²) < 4.78 is 67.7. The Kier molecular flexibility index (Phi) is 5.84. The largest absolute Gasteiger partial charge is 0.416 e. The molecule has 0 spiro atoms. The summed E-state index contributed by atoms with van der Waals surface area (Å²) in [7, 11) is 0. The van der Waals surface area contributed by atoms with E-state index >= 15 is 0 Å². The number of halogens is 6. The maximum atomic E-state index is 14.1. The summed E-state index contributed by atoms with van der Waals surface area (Å²) in [6.07, 6.45) is -4.98. The number of aromatic nitrogens is 2. The van der Waals surface area contributed by atoms with Crippen LogP contribution in [0.3, 0.4) is 0 Å². The number of hydrogen-bond donors (Lipinski definition) is 5. The molecule has 0 aliphatic carbocycles. The van der Waals surface area contributed by atoms with Gasteiger partial charge < -0.3 is 21.5 Å².